The number of rotatable bonds is 2. The topological polar surface area (TPSA) is 24.5 Å². The summed E-state index contributed by atoms with van der Waals surface area (Å²) in [7, 11) is 0. The van der Waals surface area contributed by atoms with Crippen LogP contribution in [0.15, 0.2) is 36.9 Å². The molecule has 1 spiro atoms. The van der Waals surface area contributed by atoms with Crippen molar-refractivity contribution < 1.29 is 4.74 Å². The van der Waals surface area contributed by atoms with Crippen molar-refractivity contribution in [2.45, 2.75) is 31.4 Å². The molecule has 0 saturated carbocycles. The molecule has 1 aromatic carbocycles. The van der Waals surface area contributed by atoms with Crippen molar-refractivity contribution in [3.8, 4) is 5.75 Å². The molecular weight excluding hydrogens is 248 g/mol. The monoisotopic (exact) mass is 272 g/mol. The Morgan fingerprint density at radius 2 is 2.20 bits per heavy atom. The van der Waals surface area contributed by atoms with Gasteiger partial charge in [0.15, 0.2) is 0 Å². The fraction of sp³-hybridized carbons (Fsp3) is 0.529. The lowest BCUT2D eigenvalue weighted by Crippen LogP contribution is -2.44. The van der Waals surface area contributed by atoms with Crippen LogP contribution in [0, 0.1) is 0 Å². The lowest BCUT2D eigenvalue weighted by molar-refractivity contribution is 0.0583. The van der Waals surface area contributed by atoms with Gasteiger partial charge in [-0.2, -0.15) is 0 Å². The van der Waals surface area contributed by atoms with Gasteiger partial charge in [-0.1, -0.05) is 24.3 Å². The van der Waals surface area contributed by atoms with Crippen molar-refractivity contribution in [2.75, 3.05) is 26.2 Å². The van der Waals surface area contributed by atoms with Gasteiger partial charge in [-0.15, -0.1) is 6.58 Å². The molecule has 0 amide bonds. The van der Waals surface area contributed by atoms with E-state index in [0.29, 0.717) is 0 Å². The van der Waals surface area contributed by atoms with Crippen LogP contribution in [0.5, 0.6) is 5.75 Å². The molecule has 1 fully saturated rings. The molecule has 1 N–H and O–H groups in total. The number of para-hydroxylation sites is 1. The zero-order valence-electron chi connectivity index (χ0n) is 12.1. The van der Waals surface area contributed by atoms with E-state index in [1.54, 1.807) is 0 Å². The summed E-state index contributed by atoms with van der Waals surface area (Å²) in [6, 6.07) is 8.41. The maximum Gasteiger partial charge on any atom is 0.124 e. The third-order valence-corrected chi connectivity index (χ3v) is 4.44. The molecule has 0 aliphatic carbocycles. The second-order valence-corrected chi connectivity index (χ2v) is 5.94. The molecule has 2 aliphatic heterocycles. The summed E-state index contributed by atoms with van der Waals surface area (Å²) in [5.74, 6) is 1.06. The fourth-order valence-corrected chi connectivity index (χ4v) is 3.31. The van der Waals surface area contributed by atoms with Gasteiger partial charge in [0.25, 0.3) is 0 Å². The number of fused-ring (bicyclic) bond motifs is 1. The van der Waals surface area contributed by atoms with Crippen LogP contribution in [0.1, 0.15) is 24.8 Å². The molecule has 2 aliphatic rings. The summed E-state index contributed by atoms with van der Waals surface area (Å²) in [6.07, 6.45) is 5.40. The molecule has 108 valence electrons. The molecule has 1 aromatic rings. The van der Waals surface area contributed by atoms with Gasteiger partial charge in [-0.3, -0.25) is 4.90 Å². The number of likely N-dealkylation sites (tertiary alicyclic amines) is 1. The average Bonchev–Trinajstić information content (AvgIpc) is 2.76. The minimum Gasteiger partial charge on any atom is -0.486 e. The van der Waals surface area contributed by atoms with Crippen molar-refractivity contribution in [3.63, 3.8) is 0 Å². The SMILES string of the molecule is C=CCN1CCC[C@]2(CC1)CNCc1ccccc1O2. The Kier molecular flexibility index (Phi) is 4.08. The lowest BCUT2D eigenvalue weighted by atomic mass is 9.94. The Morgan fingerprint density at radius 1 is 1.30 bits per heavy atom. The third kappa shape index (κ3) is 2.89. The molecule has 0 aromatic heterocycles. The van der Waals surface area contributed by atoms with E-state index >= 15 is 0 Å². The summed E-state index contributed by atoms with van der Waals surface area (Å²) in [5.41, 5.74) is 1.24. The van der Waals surface area contributed by atoms with Crippen LogP contribution in [0.2, 0.25) is 0 Å². The molecule has 20 heavy (non-hydrogen) atoms. The van der Waals surface area contributed by atoms with E-state index in [9.17, 15) is 0 Å². The van der Waals surface area contributed by atoms with Crippen LogP contribution in [0.4, 0.5) is 0 Å². The van der Waals surface area contributed by atoms with Crippen LogP contribution < -0.4 is 10.1 Å². The summed E-state index contributed by atoms with van der Waals surface area (Å²) in [5, 5.41) is 3.57. The van der Waals surface area contributed by atoms with E-state index in [2.05, 4.69) is 41.1 Å². The van der Waals surface area contributed by atoms with Crippen molar-refractivity contribution in [3.05, 3.63) is 42.5 Å². The van der Waals surface area contributed by atoms with E-state index in [-0.39, 0.29) is 5.60 Å². The number of hydrogen-bond donors (Lipinski definition) is 1. The zero-order chi connectivity index (χ0) is 13.8. The van der Waals surface area contributed by atoms with Crippen LogP contribution in [-0.4, -0.2) is 36.7 Å². The maximum atomic E-state index is 6.48. The van der Waals surface area contributed by atoms with E-state index in [1.165, 1.54) is 12.0 Å². The molecule has 2 heterocycles. The first kappa shape index (κ1) is 13.7. The van der Waals surface area contributed by atoms with Crippen LogP contribution in [-0.2, 0) is 6.54 Å². The summed E-state index contributed by atoms with van der Waals surface area (Å²) in [6.45, 7) is 8.94. The highest BCUT2D eigenvalue weighted by Gasteiger charge is 2.36. The van der Waals surface area contributed by atoms with Gasteiger partial charge in [0.1, 0.15) is 11.4 Å². The first-order chi connectivity index (χ1) is 9.81. The first-order valence-corrected chi connectivity index (χ1v) is 7.62. The Balaban J connectivity index is 1.77. The van der Waals surface area contributed by atoms with Gasteiger partial charge >= 0.3 is 0 Å². The molecule has 3 heteroatoms. The number of benzene rings is 1. The fourth-order valence-electron chi connectivity index (χ4n) is 3.31. The van der Waals surface area contributed by atoms with Gasteiger partial charge in [-0.05, 0) is 25.5 Å². The van der Waals surface area contributed by atoms with Crippen molar-refractivity contribution >= 4 is 0 Å². The van der Waals surface area contributed by atoms with Gasteiger partial charge in [0, 0.05) is 38.2 Å². The molecule has 1 atom stereocenters. The van der Waals surface area contributed by atoms with Crippen LogP contribution in [0.3, 0.4) is 0 Å². The quantitative estimate of drug-likeness (QED) is 0.838. The van der Waals surface area contributed by atoms with Gasteiger partial charge in [0.2, 0.25) is 0 Å². The Hall–Kier alpha value is -1.32. The normalized spacial score (nSPS) is 27.2. The lowest BCUT2D eigenvalue weighted by Gasteiger charge is -2.32. The average molecular weight is 272 g/mol. The first-order valence-electron chi connectivity index (χ1n) is 7.62. The Labute approximate surface area is 121 Å². The minimum atomic E-state index is -0.0392. The number of ether oxygens (including phenoxy) is 1. The molecular formula is C17H24N2O. The van der Waals surface area contributed by atoms with Crippen molar-refractivity contribution in [1.29, 1.82) is 0 Å². The third-order valence-electron chi connectivity index (χ3n) is 4.44. The van der Waals surface area contributed by atoms with Gasteiger partial charge < -0.3 is 10.1 Å². The molecule has 3 nitrogen and oxygen atoms in total. The molecule has 1 saturated heterocycles. The zero-order valence-corrected chi connectivity index (χ0v) is 12.1. The molecule has 0 bridgehead atoms. The smallest absolute Gasteiger partial charge is 0.124 e. The molecule has 3 rings (SSSR count). The second-order valence-electron chi connectivity index (χ2n) is 5.94. The standard InChI is InChI=1S/C17H24N2O/c1-2-10-19-11-5-8-17(9-12-19)14-18-13-15-6-3-4-7-16(15)20-17/h2-4,6-7,18H,1,5,8-14H2/t17-/m0/s1. The molecule has 0 radical (unpaired) electrons. The van der Waals surface area contributed by atoms with Crippen LogP contribution in [0.25, 0.3) is 0 Å². The maximum absolute atomic E-state index is 6.48. The van der Waals surface area contributed by atoms with E-state index < -0.39 is 0 Å². The largest absolute Gasteiger partial charge is 0.486 e. The Morgan fingerprint density at radius 3 is 3.10 bits per heavy atom. The minimum absolute atomic E-state index is 0.0392. The summed E-state index contributed by atoms with van der Waals surface area (Å²) in [4.78, 5) is 2.47. The van der Waals surface area contributed by atoms with Crippen LogP contribution >= 0.6 is 0 Å². The second kappa shape index (κ2) is 5.98. The summed E-state index contributed by atoms with van der Waals surface area (Å²) >= 11 is 0. The van der Waals surface area contributed by atoms with E-state index in [1.807, 2.05) is 6.08 Å². The Bertz CT molecular complexity index is 474. The molecule has 0 unspecified atom stereocenters. The van der Waals surface area contributed by atoms with E-state index in [0.717, 1.165) is 51.3 Å². The highest BCUT2D eigenvalue weighted by atomic mass is 16.5. The summed E-state index contributed by atoms with van der Waals surface area (Å²) < 4.78 is 6.48. The van der Waals surface area contributed by atoms with Gasteiger partial charge in [-0.25, -0.2) is 0 Å². The predicted octanol–water partition coefficient (Wildman–Crippen LogP) is 2.58. The van der Waals surface area contributed by atoms with E-state index in [4.69, 9.17) is 4.74 Å². The predicted molar refractivity (Wildman–Crippen MR) is 82.0 cm³/mol. The van der Waals surface area contributed by atoms with Gasteiger partial charge in [0.05, 0.1) is 0 Å². The van der Waals surface area contributed by atoms with Crippen molar-refractivity contribution in [1.82, 2.24) is 10.2 Å². The van der Waals surface area contributed by atoms with Crippen molar-refractivity contribution in [2.24, 2.45) is 0 Å². The highest BCUT2D eigenvalue weighted by Crippen LogP contribution is 2.32. The number of nitrogens with one attached hydrogen (secondary N) is 1. The highest BCUT2D eigenvalue weighted by molar-refractivity contribution is 5.34. The number of hydrogen-bond acceptors (Lipinski definition) is 3. The number of nitrogens with zero attached hydrogens (tertiary/aromatic N) is 1.